The van der Waals surface area contributed by atoms with Gasteiger partial charge in [-0.05, 0) is 19.9 Å². The van der Waals surface area contributed by atoms with Crippen molar-refractivity contribution in [2.24, 2.45) is 5.73 Å². The van der Waals surface area contributed by atoms with Crippen LogP contribution in [-0.2, 0) is 4.79 Å². The molecule has 0 amide bonds. The largest absolute Gasteiger partial charge is 0.479 e. The van der Waals surface area contributed by atoms with Crippen molar-refractivity contribution in [1.82, 2.24) is 4.90 Å². The normalized spacial score (nSPS) is 28.7. The van der Waals surface area contributed by atoms with Crippen molar-refractivity contribution < 1.29 is 15.0 Å². The minimum atomic E-state index is -1.66. The van der Waals surface area contributed by atoms with Crippen LogP contribution < -0.4 is 5.73 Å². The van der Waals surface area contributed by atoms with Crippen molar-refractivity contribution in [3.63, 3.8) is 0 Å². The highest BCUT2D eigenvalue weighted by atomic mass is 16.4. The fourth-order valence-electron chi connectivity index (χ4n) is 1.51. The van der Waals surface area contributed by atoms with Gasteiger partial charge >= 0.3 is 5.97 Å². The van der Waals surface area contributed by atoms with Gasteiger partial charge in [-0.1, -0.05) is 0 Å². The molecule has 0 aromatic rings. The van der Waals surface area contributed by atoms with E-state index in [2.05, 4.69) is 0 Å². The van der Waals surface area contributed by atoms with Gasteiger partial charge in [0.25, 0.3) is 0 Å². The summed E-state index contributed by atoms with van der Waals surface area (Å²) < 4.78 is 0. The van der Waals surface area contributed by atoms with Crippen LogP contribution in [0.3, 0.4) is 0 Å². The molecule has 1 fully saturated rings. The molecule has 76 valence electrons. The van der Waals surface area contributed by atoms with Crippen molar-refractivity contribution in [2.75, 3.05) is 19.6 Å². The fraction of sp³-hybridized carbons (Fsp3) is 0.875. The third-order valence-electron chi connectivity index (χ3n) is 2.30. The van der Waals surface area contributed by atoms with Gasteiger partial charge in [0, 0.05) is 19.1 Å². The first-order chi connectivity index (χ1) is 5.92. The van der Waals surface area contributed by atoms with Crippen LogP contribution in [0.4, 0.5) is 0 Å². The Hall–Kier alpha value is -0.650. The van der Waals surface area contributed by atoms with Gasteiger partial charge in [-0.3, -0.25) is 4.90 Å². The van der Waals surface area contributed by atoms with Gasteiger partial charge in [0.15, 0.2) is 5.60 Å². The number of hydrogen-bond acceptors (Lipinski definition) is 4. The summed E-state index contributed by atoms with van der Waals surface area (Å²) in [7, 11) is 0. The average Bonchev–Trinajstić information content (AvgIpc) is 2.34. The minimum absolute atomic E-state index is 0.115. The van der Waals surface area contributed by atoms with Gasteiger partial charge < -0.3 is 15.9 Å². The lowest BCUT2D eigenvalue weighted by molar-refractivity contribution is -0.158. The molecule has 0 saturated carbocycles. The zero-order valence-corrected chi connectivity index (χ0v) is 7.73. The van der Waals surface area contributed by atoms with Crippen molar-refractivity contribution in [3.8, 4) is 0 Å². The van der Waals surface area contributed by atoms with Gasteiger partial charge in [0.1, 0.15) is 0 Å². The summed E-state index contributed by atoms with van der Waals surface area (Å²) in [5.74, 6) is -1.19. The van der Waals surface area contributed by atoms with Gasteiger partial charge in [0.2, 0.25) is 0 Å². The number of carboxylic acids is 1. The van der Waals surface area contributed by atoms with E-state index < -0.39 is 11.6 Å². The second kappa shape index (κ2) is 3.61. The number of carbonyl (C=O) groups is 1. The van der Waals surface area contributed by atoms with E-state index in [0.29, 0.717) is 6.54 Å². The highest BCUT2D eigenvalue weighted by Crippen LogP contribution is 2.12. The van der Waals surface area contributed by atoms with Gasteiger partial charge in [-0.15, -0.1) is 0 Å². The number of nitrogens with two attached hydrogens (primary N) is 1. The van der Waals surface area contributed by atoms with E-state index >= 15 is 0 Å². The molecule has 1 heterocycles. The van der Waals surface area contributed by atoms with Crippen LogP contribution in [0.1, 0.15) is 13.3 Å². The average molecular weight is 188 g/mol. The number of aliphatic hydroxyl groups is 1. The lowest BCUT2D eigenvalue weighted by Crippen LogP contribution is -2.46. The third kappa shape index (κ3) is 2.65. The minimum Gasteiger partial charge on any atom is -0.479 e. The molecule has 5 heteroatoms. The molecule has 0 radical (unpaired) electrons. The number of nitrogens with zero attached hydrogens (tertiary/aromatic N) is 1. The molecule has 1 rings (SSSR count). The second-order valence-corrected chi connectivity index (χ2v) is 3.86. The lowest BCUT2D eigenvalue weighted by atomic mass is 10.1. The lowest BCUT2D eigenvalue weighted by Gasteiger charge is -2.24. The highest BCUT2D eigenvalue weighted by molar-refractivity contribution is 5.76. The smallest absolute Gasteiger partial charge is 0.336 e. The van der Waals surface area contributed by atoms with Crippen LogP contribution in [-0.4, -0.2) is 52.4 Å². The van der Waals surface area contributed by atoms with Crippen LogP contribution >= 0.6 is 0 Å². The molecule has 0 aromatic carbocycles. The Kier molecular flexibility index (Phi) is 2.90. The molecule has 0 spiro atoms. The van der Waals surface area contributed by atoms with Crippen LogP contribution in [0, 0.1) is 0 Å². The van der Waals surface area contributed by atoms with Crippen molar-refractivity contribution in [1.29, 1.82) is 0 Å². The molecule has 1 saturated heterocycles. The number of likely N-dealkylation sites (tertiary alicyclic amines) is 1. The molecule has 1 aliphatic rings. The van der Waals surface area contributed by atoms with Crippen LogP contribution in [0.15, 0.2) is 0 Å². The Morgan fingerprint density at radius 1 is 1.77 bits per heavy atom. The van der Waals surface area contributed by atoms with E-state index in [4.69, 9.17) is 10.8 Å². The number of β-amino-alcohol motifs (C(OH)–C–C–N with tert-alkyl or cyclic N) is 1. The molecule has 4 N–H and O–H groups in total. The molecule has 0 aromatic heterocycles. The van der Waals surface area contributed by atoms with E-state index in [1.54, 1.807) is 0 Å². The number of hydrogen-bond donors (Lipinski definition) is 3. The molecule has 2 unspecified atom stereocenters. The monoisotopic (exact) mass is 188 g/mol. The Morgan fingerprint density at radius 2 is 2.38 bits per heavy atom. The highest BCUT2D eigenvalue weighted by Gasteiger charge is 2.34. The quantitative estimate of drug-likeness (QED) is 0.521. The second-order valence-electron chi connectivity index (χ2n) is 3.86. The summed E-state index contributed by atoms with van der Waals surface area (Å²) >= 11 is 0. The molecule has 13 heavy (non-hydrogen) atoms. The summed E-state index contributed by atoms with van der Waals surface area (Å²) in [5, 5.41) is 18.1. The molecule has 1 aliphatic heterocycles. The summed E-state index contributed by atoms with van der Waals surface area (Å²) in [6.07, 6.45) is 0.871. The topological polar surface area (TPSA) is 86.8 Å². The van der Waals surface area contributed by atoms with E-state index in [1.165, 1.54) is 6.92 Å². The Balaban J connectivity index is 2.44. The van der Waals surface area contributed by atoms with Crippen molar-refractivity contribution in [2.45, 2.75) is 25.0 Å². The summed E-state index contributed by atoms with van der Waals surface area (Å²) in [6, 6.07) is 0.115. The number of carboxylic acid groups (broad SMARTS) is 1. The predicted molar refractivity (Wildman–Crippen MR) is 47.3 cm³/mol. The maximum atomic E-state index is 10.6. The van der Waals surface area contributed by atoms with E-state index in [0.717, 1.165) is 13.0 Å². The molecular formula is C8H16N2O3. The zero-order valence-electron chi connectivity index (χ0n) is 7.73. The van der Waals surface area contributed by atoms with E-state index in [1.807, 2.05) is 4.90 Å². The Labute approximate surface area is 77.1 Å². The van der Waals surface area contributed by atoms with Crippen molar-refractivity contribution >= 4 is 5.97 Å². The SMILES string of the molecule is CC(O)(CN1CCC(N)C1)C(=O)O. The maximum Gasteiger partial charge on any atom is 0.336 e. The Bertz CT molecular complexity index is 206. The summed E-state index contributed by atoms with van der Waals surface area (Å²) in [6.45, 7) is 2.89. The molecule has 5 nitrogen and oxygen atoms in total. The van der Waals surface area contributed by atoms with Gasteiger partial charge in [0.05, 0.1) is 0 Å². The third-order valence-corrected chi connectivity index (χ3v) is 2.30. The first-order valence-electron chi connectivity index (χ1n) is 4.35. The summed E-state index contributed by atoms with van der Waals surface area (Å²) in [5.41, 5.74) is 3.99. The number of rotatable bonds is 3. The molecular weight excluding hydrogens is 172 g/mol. The van der Waals surface area contributed by atoms with E-state index in [-0.39, 0.29) is 12.6 Å². The van der Waals surface area contributed by atoms with Gasteiger partial charge in [-0.2, -0.15) is 0 Å². The fourth-order valence-corrected chi connectivity index (χ4v) is 1.51. The zero-order chi connectivity index (χ0) is 10.1. The van der Waals surface area contributed by atoms with Gasteiger partial charge in [-0.25, -0.2) is 4.79 Å². The van der Waals surface area contributed by atoms with E-state index in [9.17, 15) is 9.90 Å². The Morgan fingerprint density at radius 3 is 2.77 bits per heavy atom. The predicted octanol–water partition coefficient (Wildman–Crippen LogP) is -1.14. The van der Waals surface area contributed by atoms with Crippen LogP contribution in [0.5, 0.6) is 0 Å². The summed E-state index contributed by atoms with van der Waals surface area (Å²) in [4.78, 5) is 12.5. The first kappa shape index (κ1) is 10.4. The molecule has 2 atom stereocenters. The standard InChI is InChI=1S/C8H16N2O3/c1-8(13,7(11)12)5-10-3-2-6(9)4-10/h6,13H,2-5,9H2,1H3,(H,11,12). The molecule has 0 bridgehead atoms. The van der Waals surface area contributed by atoms with Crippen molar-refractivity contribution in [3.05, 3.63) is 0 Å². The number of aliphatic carboxylic acids is 1. The molecule has 0 aliphatic carbocycles. The van der Waals surface area contributed by atoms with Crippen LogP contribution in [0.25, 0.3) is 0 Å². The maximum absolute atomic E-state index is 10.6. The van der Waals surface area contributed by atoms with Crippen LogP contribution in [0.2, 0.25) is 0 Å². The first-order valence-corrected chi connectivity index (χ1v) is 4.35.